The largest absolute Gasteiger partial charge is 0.0843 e. The van der Waals surface area contributed by atoms with Crippen LogP contribution >= 0.6 is 11.6 Å². The molecule has 31 heavy (non-hydrogen) atoms. The van der Waals surface area contributed by atoms with Crippen LogP contribution in [0.2, 0.25) is 5.02 Å². The second-order valence-electron chi connectivity index (χ2n) is 8.62. The van der Waals surface area contributed by atoms with Crippen molar-refractivity contribution in [3.63, 3.8) is 0 Å². The highest BCUT2D eigenvalue weighted by Crippen LogP contribution is 2.39. The Morgan fingerprint density at radius 3 is 1.00 bits per heavy atom. The fourth-order valence-electron chi connectivity index (χ4n) is 4.26. The predicted molar refractivity (Wildman–Crippen MR) is 133 cm³/mol. The molecule has 156 valence electrons. The van der Waals surface area contributed by atoms with Gasteiger partial charge in [0.15, 0.2) is 0 Å². The molecule has 4 rings (SSSR count). The van der Waals surface area contributed by atoms with Gasteiger partial charge in [0.1, 0.15) is 0 Å². The van der Waals surface area contributed by atoms with Crippen molar-refractivity contribution in [2.75, 3.05) is 0 Å². The van der Waals surface area contributed by atoms with Crippen LogP contribution in [0.3, 0.4) is 0 Å². The lowest BCUT2D eigenvalue weighted by molar-refractivity contribution is 0.643. The van der Waals surface area contributed by atoms with Gasteiger partial charge in [-0.25, -0.2) is 0 Å². The Kier molecular flexibility index (Phi) is 6.59. The van der Waals surface area contributed by atoms with Crippen LogP contribution in [0.25, 0.3) is 0 Å². The number of benzene rings is 4. The fraction of sp³-hybridized carbons (Fsp3) is 0.200. The zero-order valence-corrected chi connectivity index (χ0v) is 19.2. The van der Waals surface area contributed by atoms with Gasteiger partial charge in [0.2, 0.25) is 0 Å². The first-order valence-electron chi connectivity index (χ1n) is 10.9. The molecule has 0 bridgehead atoms. The Bertz CT molecular complexity index is 921. The highest BCUT2D eigenvalue weighted by molar-refractivity contribution is 6.30. The minimum Gasteiger partial charge on any atom is -0.0843 e. The van der Waals surface area contributed by atoms with E-state index in [9.17, 15) is 0 Å². The average molecular weight is 425 g/mol. The Labute approximate surface area is 191 Å². The van der Waals surface area contributed by atoms with Gasteiger partial charge in [-0.2, -0.15) is 0 Å². The summed E-state index contributed by atoms with van der Waals surface area (Å²) in [5.41, 5.74) is 9.24. The molecule has 0 radical (unpaired) electrons. The van der Waals surface area contributed by atoms with Crippen molar-refractivity contribution in [2.24, 2.45) is 0 Å². The van der Waals surface area contributed by atoms with Crippen LogP contribution < -0.4 is 0 Å². The van der Waals surface area contributed by atoms with Gasteiger partial charge in [0.25, 0.3) is 0 Å². The molecule has 0 aliphatic heterocycles. The van der Waals surface area contributed by atoms with Crippen molar-refractivity contribution < 1.29 is 0 Å². The molecule has 4 aromatic rings. The van der Waals surface area contributed by atoms with E-state index in [0.29, 0.717) is 5.92 Å². The van der Waals surface area contributed by atoms with Crippen molar-refractivity contribution in [1.82, 2.24) is 0 Å². The maximum Gasteiger partial charge on any atom is 0.0406 e. The SMILES string of the molecule is Cc1ccc(C(CC(c2ccc(C)cc2)c2ccc(Cl)cc2)c2ccc(C)cc2)cc1. The van der Waals surface area contributed by atoms with Crippen molar-refractivity contribution in [2.45, 2.75) is 39.0 Å². The smallest absolute Gasteiger partial charge is 0.0406 e. The first kappa shape index (κ1) is 21.4. The summed E-state index contributed by atoms with van der Waals surface area (Å²) in [6.07, 6.45) is 0.997. The van der Waals surface area contributed by atoms with Gasteiger partial charge in [-0.3, -0.25) is 0 Å². The van der Waals surface area contributed by atoms with Crippen LogP contribution in [-0.4, -0.2) is 0 Å². The standard InChI is InChI=1S/C30H29Cl/c1-21-4-10-24(11-5-21)29(25-12-6-22(2)7-13-25)20-30(26-14-8-23(3)9-15-26)27-16-18-28(31)19-17-27/h4-19,29-30H,20H2,1-3H3. The second kappa shape index (κ2) is 9.54. The van der Waals surface area contributed by atoms with E-state index in [1.54, 1.807) is 0 Å². The summed E-state index contributed by atoms with van der Waals surface area (Å²) in [7, 11) is 0. The monoisotopic (exact) mass is 424 g/mol. The van der Waals surface area contributed by atoms with Gasteiger partial charge in [-0.1, -0.05) is 113 Å². The Hall–Kier alpha value is -2.83. The molecule has 0 nitrogen and oxygen atoms in total. The molecule has 0 amide bonds. The third kappa shape index (κ3) is 5.27. The van der Waals surface area contributed by atoms with Crippen LogP contribution in [0.1, 0.15) is 57.2 Å². The fourth-order valence-corrected chi connectivity index (χ4v) is 4.38. The lowest BCUT2D eigenvalue weighted by Crippen LogP contribution is -2.10. The Morgan fingerprint density at radius 2 is 0.710 bits per heavy atom. The molecular formula is C30H29Cl. The van der Waals surface area contributed by atoms with Gasteiger partial charge >= 0.3 is 0 Å². The average Bonchev–Trinajstić information content (AvgIpc) is 2.78. The molecule has 0 aromatic heterocycles. The Balaban J connectivity index is 1.79. The Morgan fingerprint density at radius 1 is 0.452 bits per heavy atom. The number of hydrogen-bond donors (Lipinski definition) is 0. The van der Waals surface area contributed by atoms with Crippen LogP contribution in [0.5, 0.6) is 0 Å². The first-order valence-corrected chi connectivity index (χ1v) is 11.3. The number of halogens is 1. The molecule has 0 spiro atoms. The van der Waals surface area contributed by atoms with E-state index in [1.807, 2.05) is 12.1 Å². The predicted octanol–water partition coefficient (Wildman–Crippen LogP) is 8.62. The van der Waals surface area contributed by atoms with Crippen molar-refractivity contribution in [3.05, 3.63) is 141 Å². The van der Waals surface area contributed by atoms with E-state index in [1.165, 1.54) is 38.9 Å². The van der Waals surface area contributed by atoms with E-state index in [0.717, 1.165) is 11.4 Å². The molecule has 0 aliphatic carbocycles. The van der Waals surface area contributed by atoms with Crippen molar-refractivity contribution in [1.29, 1.82) is 0 Å². The minimum atomic E-state index is 0.283. The van der Waals surface area contributed by atoms with E-state index >= 15 is 0 Å². The summed E-state index contributed by atoms with van der Waals surface area (Å²) in [5, 5.41) is 0.778. The molecule has 1 heteroatoms. The topological polar surface area (TPSA) is 0 Å². The number of rotatable bonds is 6. The number of hydrogen-bond acceptors (Lipinski definition) is 0. The van der Waals surface area contributed by atoms with Crippen molar-refractivity contribution >= 4 is 11.6 Å². The maximum absolute atomic E-state index is 6.21. The quantitative estimate of drug-likeness (QED) is 0.290. The lowest BCUT2D eigenvalue weighted by Gasteiger charge is -2.26. The van der Waals surface area contributed by atoms with Crippen LogP contribution in [0.4, 0.5) is 0 Å². The molecule has 0 aliphatic rings. The summed E-state index contributed by atoms with van der Waals surface area (Å²) < 4.78 is 0. The summed E-state index contributed by atoms with van der Waals surface area (Å²) in [6, 6.07) is 35.4. The molecular weight excluding hydrogens is 396 g/mol. The second-order valence-corrected chi connectivity index (χ2v) is 9.06. The van der Waals surface area contributed by atoms with E-state index < -0.39 is 0 Å². The summed E-state index contributed by atoms with van der Waals surface area (Å²) in [6.45, 7) is 6.43. The minimum absolute atomic E-state index is 0.283. The molecule has 0 N–H and O–H groups in total. The van der Waals surface area contributed by atoms with Crippen LogP contribution in [-0.2, 0) is 0 Å². The third-order valence-corrected chi connectivity index (χ3v) is 6.43. The van der Waals surface area contributed by atoms with E-state index in [2.05, 4.69) is 106 Å². The molecule has 1 unspecified atom stereocenters. The normalized spacial score (nSPS) is 12.2. The first-order chi connectivity index (χ1) is 15.0. The van der Waals surface area contributed by atoms with Gasteiger partial charge in [0, 0.05) is 16.9 Å². The zero-order valence-electron chi connectivity index (χ0n) is 18.5. The van der Waals surface area contributed by atoms with Gasteiger partial charge in [-0.05, 0) is 61.6 Å². The molecule has 1 atom stereocenters. The van der Waals surface area contributed by atoms with Crippen molar-refractivity contribution in [3.8, 4) is 0 Å². The zero-order chi connectivity index (χ0) is 21.8. The van der Waals surface area contributed by atoms with Crippen LogP contribution in [0, 0.1) is 20.8 Å². The molecule has 0 fully saturated rings. The number of aryl methyl sites for hydroxylation is 3. The van der Waals surface area contributed by atoms with Gasteiger partial charge in [0.05, 0.1) is 0 Å². The maximum atomic E-state index is 6.21. The molecule has 0 saturated heterocycles. The van der Waals surface area contributed by atoms with Crippen LogP contribution in [0.15, 0.2) is 97.1 Å². The van der Waals surface area contributed by atoms with Gasteiger partial charge < -0.3 is 0 Å². The summed E-state index contributed by atoms with van der Waals surface area (Å²) in [5.74, 6) is 0.591. The molecule has 0 heterocycles. The summed E-state index contributed by atoms with van der Waals surface area (Å²) in [4.78, 5) is 0. The highest BCUT2D eigenvalue weighted by atomic mass is 35.5. The molecule has 0 saturated carbocycles. The highest BCUT2D eigenvalue weighted by Gasteiger charge is 2.23. The van der Waals surface area contributed by atoms with E-state index in [4.69, 9.17) is 11.6 Å². The lowest BCUT2D eigenvalue weighted by atomic mass is 9.78. The van der Waals surface area contributed by atoms with Gasteiger partial charge in [-0.15, -0.1) is 0 Å². The molecule has 4 aromatic carbocycles. The summed E-state index contributed by atoms with van der Waals surface area (Å²) >= 11 is 6.21. The van der Waals surface area contributed by atoms with E-state index in [-0.39, 0.29) is 5.92 Å². The third-order valence-electron chi connectivity index (χ3n) is 6.18.